The van der Waals surface area contributed by atoms with E-state index in [0.717, 1.165) is 5.82 Å². The van der Waals surface area contributed by atoms with E-state index in [4.69, 9.17) is 15.2 Å². The predicted octanol–water partition coefficient (Wildman–Crippen LogP) is 1.64. The maximum atomic E-state index is 12.0. The molecule has 0 aliphatic carbocycles. The fraction of sp³-hybridized carbons (Fsp3) is 0.286. The Morgan fingerprint density at radius 1 is 1.45 bits per heavy atom. The normalized spacial score (nSPS) is 10.3. The van der Waals surface area contributed by atoms with Gasteiger partial charge in [-0.25, -0.2) is 9.78 Å². The number of hydrogen-bond donors (Lipinski definition) is 1. The molecule has 0 aliphatic heterocycles. The molecule has 0 saturated carbocycles. The molecular formula is C14H17N3O3. The van der Waals surface area contributed by atoms with Crippen LogP contribution in [0.1, 0.15) is 16.2 Å². The number of nitrogens with two attached hydrogens (primary N) is 1. The fourth-order valence-corrected chi connectivity index (χ4v) is 1.85. The second kappa shape index (κ2) is 6.10. The molecule has 2 N–H and O–H groups in total. The molecule has 0 atom stereocenters. The Bertz CT molecular complexity index is 607. The molecule has 6 nitrogen and oxygen atoms in total. The van der Waals surface area contributed by atoms with Crippen LogP contribution in [0.3, 0.4) is 0 Å². The lowest BCUT2D eigenvalue weighted by Crippen LogP contribution is -2.13. The van der Waals surface area contributed by atoms with Gasteiger partial charge in [-0.05, 0) is 19.1 Å². The molecule has 2 aromatic rings. The van der Waals surface area contributed by atoms with Crippen LogP contribution in [0, 0.1) is 6.92 Å². The van der Waals surface area contributed by atoms with Crippen LogP contribution < -0.4 is 10.5 Å². The zero-order valence-electron chi connectivity index (χ0n) is 11.5. The Morgan fingerprint density at radius 3 is 2.90 bits per heavy atom. The van der Waals surface area contributed by atoms with Gasteiger partial charge in [0.1, 0.15) is 18.2 Å². The van der Waals surface area contributed by atoms with E-state index in [-0.39, 0.29) is 6.61 Å². The number of benzene rings is 1. The van der Waals surface area contributed by atoms with Gasteiger partial charge < -0.3 is 19.8 Å². The number of carbonyl (C=O) groups excluding carboxylic acids is 1. The number of nitrogens with zero attached hydrogens (tertiary/aromatic N) is 2. The molecule has 1 aromatic heterocycles. The van der Waals surface area contributed by atoms with Gasteiger partial charge in [-0.2, -0.15) is 0 Å². The average molecular weight is 275 g/mol. The number of aryl methyl sites for hydroxylation is 1. The van der Waals surface area contributed by atoms with Crippen molar-refractivity contribution in [1.29, 1.82) is 0 Å². The number of nitrogen functional groups attached to an aromatic ring is 1. The highest BCUT2D eigenvalue weighted by molar-refractivity contribution is 5.96. The minimum Gasteiger partial charge on any atom is -0.495 e. The van der Waals surface area contributed by atoms with Crippen molar-refractivity contribution in [3.8, 4) is 5.75 Å². The summed E-state index contributed by atoms with van der Waals surface area (Å²) in [5, 5.41) is 0. The summed E-state index contributed by atoms with van der Waals surface area (Å²) < 4.78 is 12.2. The van der Waals surface area contributed by atoms with Crippen LogP contribution in [0.5, 0.6) is 5.75 Å². The number of hydrogen-bond acceptors (Lipinski definition) is 5. The summed E-state index contributed by atoms with van der Waals surface area (Å²) in [4.78, 5) is 16.1. The third-order valence-electron chi connectivity index (χ3n) is 2.99. The zero-order chi connectivity index (χ0) is 14.5. The molecule has 1 aromatic carbocycles. The van der Waals surface area contributed by atoms with Gasteiger partial charge >= 0.3 is 5.97 Å². The number of rotatable bonds is 5. The predicted molar refractivity (Wildman–Crippen MR) is 74.7 cm³/mol. The molecule has 6 heteroatoms. The number of esters is 1. The zero-order valence-corrected chi connectivity index (χ0v) is 11.5. The average Bonchev–Trinajstić information content (AvgIpc) is 2.84. The van der Waals surface area contributed by atoms with Crippen molar-refractivity contribution in [3.05, 3.63) is 42.0 Å². The van der Waals surface area contributed by atoms with Gasteiger partial charge in [-0.3, -0.25) is 0 Å². The topological polar surface area (TPSA) is 79.4 Å². The smallest absolute Gasteiger partial charge is 0.340 e. The van der Waals surface area contributed by atoms with Crippen LogP contribution in [0.4, 0.5) is 5.69 Å². The summed E-state index contributed by atoms with van der Waals surface area (Å²) in [5.74, 6) is 0.881. The van der Waals surface area contributed by atoms with Crippen LogP contribution >= 0.6 is 0 Å². The van der Waals surface area contributed by atoms with E-state index >= 15 is 0 Å². The van der Waals surface area contributed by atoms with Crippen molar-refractivity contribution in [3.63, 3.8) is 0 Å². The third-order valence-corrected chi connectivity index (χ3v) is 2.99. The Kier molecular flexibility index (Phi) is 4.24. The quantitative estimate of drug-likeness (QED) is 0.663. The number of aromatic nitrogens is 2. The standard InChI is InChI=1S/C14H17N3O3/c1-10-16-6-7-17(10)8-9-20-14(18)11-4-3-5-12(19-2)13(11)15/h3-7H,8-9,15H2,1-2H3. The first-order valence-electron chi connectivity index (χ1n) is 6.21. The molecular weight excluding hydrogens is 258 g/mol. The maximum absolute atomic E-state index is 12.0. The highest BCUT2D eigenvalue weighted by Crippen LogP contribution is 2.25. The molecule has 0 fully saturated rings. The van der Waals surface area contributed by atoms with E-state index < -0.39 is 5.97 Å². The largest absolute Gasteiger partial charge is 0.495 e. The lowest BCUT2D eigenvalue weighted by molar-refractivity contribution is 0.0491. The summed E-state index contributed by atoms with van der Waals surface area (Å²) in [7, 11) is 1.50. The molecule has 0 spiro atoms. The second-order valence-corrected chi connectivity index (χ2v) is 4.23. The number of para-hydroxylation sites is 1. The third kappa shape index (κ3) is 2.90. The molecule has 106 valence electrons. The highest BCUT2D eigenvalue weighted by atomic mass is 16.5. The molecule has 20 heavy (non-hydrogen) atoms. The van der Waals surface area contributed by atoms with E-state index in [0.29, 0.717) is 23.5 Å². The molecule has 0 bridgehead atoms. The summed E-state index contributed by atoms with van der Waals surface area (Å²) >= 11 is 0. The van der Waals surface area contributed by atoms with Gasteiger partial charge in [-0.15, -0.1) is 0 Å². The Morgan fingerprint density at radius 2 is 2.25 bits per heavy atom. The molecule has 1 heterocycles. The number of carbonyl (C=O) groups is 1. The second-order valence-electron chi connectivity index (χ2n) is 4.23. The number of anilines is 1. The Hall–Kier alpha value is -2.50. The highest BCUT2D eigenvalue weighted by Gasteiger charge is 2.14. The van der Waals surface area contributed by atoms with Crippen molar-refractivity contribution < 1.29 is 14.3 Å². The molecule has 0 amide bonds. The SMILES string of the molecule is COc1cccc(C(=O)OCCn2ccnc2C)c1N. The van der Waals surface area contributed by atoms with Gasteiger partial charge in [0.25, 0.3) is 0 Å². The number of ether oxygens (including phenoxy) is 2. The van der Waals surface area contributed by atoms with Crippen molar-refractivity contribution in [2.45, 2.75) is 13.5 Å². The Labute approximate surface area is 117 Å². The summed E-state index contributed by atoms with van der Waals surface area (Å²) in [5.41, 5.74) is 6.45. The molecule has 0 aliphatic rings. The van der Waals surface area contributed by atoms with Crippen molar-refractivity contribution in [1.82, 2.24) is 9.55 Å². The van der Waals surface area contributed by atoms with Crippen LogP contribution in [0.25, 0.3) is 0 Å². The van der Waals surface area contributed by atoms with E-state index in [1.54, 1.807) is 24.4 Å². The van der Waals surface area contributed by atoms with Crippen molar-refractivity contribution in [2.75, 3.05) is 19.5 Å². The lowest BCUT2D eigenvalue weighted by atomic mass is 10.1. The first-order chi connectivity index (χ1) is 9.63. The van der Waals surface area contributed by atoms with E-state index in [2.05, 4.69) is 4.98 Å². The fourth-order valence-electron chi connectivity index (χ4n) is 1.85. The summed E-state index contributed by atoms with van der Waals surface area (Å²) in [6, 6.07) is 5.01. The number of methoxy groups -OCH3 is 1. The monoisotopic (exact) mass is 275 g/mol. The van der Waals surface area contributed by atoms with Gasteiger partial charge in [0, 0.05) is 12.4 Å². The van der Waals surface area contributed by atoms with Crippen LogP contribution in [0.15, 0.2) is 30.6 Å². The summed E-state index contributed by atoms with van der Waals surface area (Å²) in [6.45, 7) is 2.70. The van der Waals surface area contributed by atoms with Crippen molar-refractivity contribution >= 4 is 11.7 Å². The van der Waals surface area contributed by atoms with Gasteiger partial charge in [0.2, 0.25) is 0 Å². The summed E-state index contributed by atoms with van der Waals surface area (Å²) in [6.07, 6.45) is 3.54. The molecule has 2 rings (SSSR count). The van der Waals surface area contributed by atoms with E-state index in [1.807, 2.05) is 17.7 Å². The molecule has 0 saturated heterocycles. The van der Waals surface area contributed by atoms with E-state index in [9.17, 15) is 4.79 Å². The first-order valence-corrected chi connectivity index (χ1v) is 6.21. The minimum atomic E-state index is -0.459. The first kappa shape index (κ1) is 13.9. The van der Waals surface area contributed by atoms with Crippen LogP contribution in [-0.2, 0) is 11.3 Å². The molecule has 0 radical (unpaired) electrons. The van der Waals surface area contributed by atoms with Gasteiger partial charge in [0.05, 0.1) is 24.9 Å². The Balaban J connectivity index is 1.97. The van der Waals surface area contributed by atoms with Gasteiger partial charge in [-0.1, -0.05) is 6.07 Å². The van der Waals surface area contributed by atoms with Crippen LogP contribution in [0.2, 0.25) is 0 Å². The van der Waals surface area contributed by atoms with Gasteiger partial charge in [0.15, 0.2) is 0 Å². The molecule has 0 unspecified atom stereocenters. The van der Waals surface area contributed by atoms with E-state index in [1.165, 1.54) is 7.11 Å². The van der Waals surface area contributed by atoms with Crippen molar-refractivity contribution in [2.24, 2.45) is 0 Å². The maximum Gasteiger partial charge on any atom is 0.340 e. The van der Waals surface area contributed by atoms with Crippen LogP contribution in [-0.4, -0.2) is 29.2 Å². The lowest BCUT2D eigenvalue weighted by Gasteiger charge is -2.10. The number of imidazole rings is 1. The minimum absolute atomic E-state index is 0.257.